The Morgan fingerprint density at radius 3 is 2.62 bits per heavy atom. The van der Waals surface area contributed by atoms with Gasteiger partial charge < -0.3 is 9.84 Å². The Hall–Kier alpha value is -1.44. The van der Waals surface area contributed by atoms with Crippen LogP contribution in [-0.2, 0) is 20.5 Å². The molecule has 0 radical (unpaired) electrons. The number of aliphatic hydroxyl groups excluding tert-OH is 1. The zero-order valence-corrected chi connectivity index (χ0v) is 12.7. The van der Waals surface area contributed by atoms with Gasteiger partial charge in [0.05, 0.1) is 25.0 Å². The number of aliphatic hydroxyl groups is 1. The van der Waals surface area contributed by atoms with E-state index in [1.54, 1.807) is 24.3 Å². The monoisotopic (exact) mass is 313 g/mol. The van der Waals surface area contributed by atoms with E-state index in [-0.39, 0.29) is 18.4 Å². The third-order valence-electron chi connectivity index (χ3n) is 3.62. The highest BCUT2D eigenvalue weighted by Gasteiger charge is 2.33. The first kappa shape index (κ1) is 15.9. The van der Waals surface area contributed by atoms with Crippen molar-refractivity contribution in [3.8, 4) is 0 Å². The molecule has 0 saturated carbocycles. The van der Waals surface area contributed by atoms with Crippen LogP contribution in [0.25, 0.3) is 0 Å². The SMILES string of the molecule is COC(=O)c1ccc(CS(=O)(=O)N2CCCC2CO)cc1. The van der Waals surface area contributed by atoms with Crippen molar-refractivity contribution in [1.29, 1.82) is 0 Å². The number of sulfonamides is 1. The van der Waals surface area contributed by atoms with Crippen LogP contribution in [0.15, 0.2) is 24.3 Å². The van der Waals surface area contributed by atoms with E-state index in [0.717, 1.165) is 6.42 Å². The van der Waals surface area contributed by atoms with Gasteiger partial charge in [-0.15, -0.1) is 0 Å². The van der Waals surface area contributed by atoms with Crippen LogP contribution >= 0.6 is 0 Å². The molecule has 116 valence electrons. The highest BCUT2D eigenvalue weighted by molar-refractivity contribution is 7.88. The number of methoxy groups -OCH3 is 1. The molecule has 1 N–H and O–H groups in total. The molecule has 21 heavy (non-hydrogen) atoms. The first-order chi connectivity index (χ1) is 9.97. The molecule has 1 aliphatic rings. The van der Waals surface area contributed by atoms with Crippen LogP contribution < -0.4 is 0 Å². The van der Waals surface area contributed by atoms with Crippen LogP contribution in [-0.4, -0.2) is 50.1 Å². The van der Waals surface area contributed by atoms with E-state index < -0.39 is 16.0 Å². The van der Waals surface area contributed by atoms with E-state index in [1.165, 1.54) is 11.4 Å². The van der Waals surface area contributed by atoms with Crippen molar-refractivity contribution in [3.63, 3.8) is 0 Å². The number of nitrogens with zero attached hydrogens (tertiary/aromatic N) is 1. The molecule has 1 aromatic carbocycles. The molecule has 2 rings (SSSR count). The lowest BCUT2D eigenvalue weighted by molar-refractivity contribution is 0.0600. The molecule has 0 spiro atoms. The van der Waals surface area contributed by atoms with E-state index in [4.69, 9.17) is 0 Å². The van der Waals surface area contributed by atoms with E-state index in [9.17, 15) is 18.3 Å². The minimum Gasteiger partial charge on any atom is -0.465 e. The summed E-state index contributed by atoms with van der Waals surface area (Å²) >= 11 is 0. The lowest BCUT2D eigenvalue weighted by Gasteiger charge is -2.22. The molecule has 1 heterocycles. The van der Waals surface area contributed by atoms with Gasteiger partial charge in [0, 0.05) is 12.6 Å². The molecular formula is C14H19NO5S. The van der Waals surface area contributed by atoms with Crippen molar-refractivity contribution in [2.75, 3.05) is 20.3 Å². The summed E-state index contributed by atoms with van der Waals surface area (Å²) in [5.41, 5.74) is 0.985. The number of esters is 1. The highest BCUT2D eigenvalue weighted by atomic mass is 32.2. The van der Waals surface area contributed by atoms with Crippen molar-refractivity contribution < 1.29 is 23.1 Å². The van der Waals surface area contributed by atoms with Crippen molar-refractivity contribution in [2.24, 2.45) is 0 Å². The van der Waals surface area contributed by atoms with Gasteiger partial charge in [-0.05, 0) is 30.5 Å². The topological polar surface area (TPSA) is 83.9 Å². The smallest absolute Gasteiger partial charge is 0.337 e. The summed E-state index contributed by atoms with van der Waals surface area (Å²) in [6, 6.07) is 5.99. The van der Waals surface area contributed by atoms with Crippen LogP contribution in [0, 0.1) is 0 Å². The average Bonchev–Trinajstić information content (AvgIpc) is 2.96. The van der Waals surface area contributed by atoms with Gasteiger partial charge in [0.2, 0.25) is 10.0 Å². The predicted octanol–water partition coefficient (Wildman–Crippen LogP) is 0.760. The molecule has 1 saturated heterocycles. The Morgan fingerprint density at radius 2 is 2.05 bits per heavy atom. The van der Waals surface area contributed by atoms with E-state index in [1.807, 2.05) is 0 Å². The van der Waals surface area contributed by atoms with Crippen LogP contribution in [0.4, 0.5) is 0 Å². The van der Waals surface area contributed by atoms with Gasteiger partial charge in [-0.1, -0.05) is 12.1 Å². The number of hydrogen-bond donors (Lipinski definition) is 1. The number of ether oxygens (including phenoxy) is 1. The third kappa shape index (κ3) is 3.61. The molecule has 1 atom stereocenters. The maximum Gasteiger partial charge on any atom is 0.337 e. The lowest BCUT2D eigenvalue weighted by Crippen LogP contribution is -2.38. The van der Waals surface area contributed by atoms with Gasteiger partial charge in [0.15, 0.2) is 0 Å². The average molecular weight is 313 g/mol. The van der Waals surface area contributed by atoms with E-state index in [2.05, 4.69) is 4.74 Å². The molecule has 1 unspecified atom stereocenters. The van der Waals surface area contributed by atoms with Crippen LogP contribution in [0.5, 0.6) is 0 Å². The summed E-state index contributed by atoms with van der Waals surface area (Å²) in [6.45, 7) is 0.300. The van der Waals surface area contributed by atoms with Gasteiger partial charge in [0.1, 0.15) is 0 Å². The predicted molar refractivity (Wildman–Crippen MR) is 77.2 cm³/mol. The molecule has 1 aromatic rings. The molecule has 0 amide bonds. The molecule has 1 fully saturated rings. The summed E-state index contributed by atoms with van der Waals surface area (Å²) in [7, 11) is -2.16. The Morgan fingerprint density at radius 1 is 1.38 bits per heavy atom. The second-order valence-corrected chi connectivity index (χ2v) is 6.96. The van der Waals surface area contributed by atoms with Crippen LogP contribution in [0.2, 0.25) is 0 Å². The maximum absolute atomic E-state index is 12.4. The molecule has 0 bridgehead atoms. The Labute approximate surface area is 124 Å². The second kappa shape index (κ2) is 6.55. The van der Waals surface area contributed by atoms with Crippen molar-refractivity contribution in [2.45, 2.75) is 24.6 Å². The summed E-state index contributed by atoms with van der Waals surface area (Å²) in [4.78, 5) is 11.3. The molecule has 1 aliphatic heterocycles. The number of benzene rings is 1. The van der Waals surface area contributed by atoms with Gasteiger partial charge in [-0.2, -0.15) is 4.31 Å². The Balaban J connectivity index is 2.11. The van der Waals surface area contributed by atoms with Crippen molar-refractivity contribution in [3.05, 3.63) is 35.4 Å². The maximum atomic E-state index is 12.4. The van der Waals surface area contributed by atoms with E-state index >= 15 is 0 Å². The first-order valence-corrected chi connectivity index (χ1v) is 8.36. The number of carbonyl (C=O) groups excluding carboxylic acids is 1. The minimum atomic E-state index is -3.46. The van der Waals surface area contributed by atoms with Crippen LogP contribution in [0.3, 0.4) is 0 Å². The molecular weight excluding hydrogens is 294 g/mol. The first-order valence-electron chi connectivity index (χ1n) is 6.75. The number of hydrogen-bond acceptors (Lipinski definition) is 5. The standard InChI is InChI=1S/C14H19NO5S/c1-20-14(17)12-6-4-11(5-7-12)10-21(18,19)15-8-2-3-13(15)9-16/h4-7,13,16H,2-3,8-10H2,1H3. The zero-order chi connectivity index (χ0) is 15.5. The normalized spacial score (nSPS) is 19.6. The lowest BCUT2D eigenvalue weighted by atomic mass is 10.1. The highest BCUT2D eigenvalue weighted by Crippen LogP contribution is 2.23. The van der Waals surface area contributed by atoms with E-state index in [0.29, 0.717) is 24.1 Å². The number of rotatable bonds is 5. The molecule has 7 heteroatoms. The fourth-order valence-corrected chi connectivity index (χ4v) is 4.32. The second-order valence-electron chi connectivity index (χ2n) is 5.03. The molecule has 0 aliphatic carbocycles. The summed E-state index contributed by atoms with van der Waals surface area (Å²) in [6.07, 6.45) is 1.46. The third-order valence-corrected chi connectivity index (χ3v) is 5.51. The Kier molecular flexibility index (Phi) is 4.97. The zero-order valence-electron chi connectivity index (χ0n) is 11.9. The summed E-state index contributed by atoms with van der Waals surface area (Å²) in [5.74, 6) is -0.588. The van der Waals surface area contributed by atoms with Gasteiger partial charge in [0.25, 0.3) is 0 Å². The number of carbonyl (C=O) groups is 1. The fourth-order valence-electron chi connectivity index (χ4n) is 2.51. The van der Waals surface area contributed by atoms with Gasteiger partial charge in [-0.3, -0.25) is 0 Å². The quantitative estimate of drug-likeness (QED) is 0.811. The largest absolute Gasteiger partial charge is 0.465 e. The molecule has 6 nitrogen and oxygen atoms in total. The van der Waals surface area contributed by atoms with Gasteiger partial charge >= 0.3 is 5.97 Å². The van der Waals surface area contributed by atoms with Gasteiger partial charge in [-0.25, -0.2) is 13.2 Å². The Bertz CT molecular complexity index is 596. The van der Waals surface area contributed by atoms with Crippen LogP contribution in [0.1, 0.15) is 28.8 Å². The summed E-state index contributed by atoms with van der Waals surface area (Å²) in [5, 5.41) is 9.23. The molecule has 0 aromatic heterocycles. The fraction of sp³-hybridized carbons (Fsp3) is 0.500. The van der Waals surface area contributed by atoms with Crippen molar-refractivity contribution in [1.82, 2.24) is 4.31 Å². The summed E-state index contributed by atoms with van der Waals surface area (Å²) < 4.78 is 30.7. The minimum absolute atomic E-state index is 0.134. The van der Waals surface area contributed by atoms with Crippen molar-refractivity contribution >= 4 is 16.0 Å².